The van der Waals surface area contributed by atoms with Gasteiger partial charge in [-0.3, -0.25) is 4.79 Å². The molecule has 206 valence electrons. The van der Waals surface area contributed by atoms with Crippen LogP contribution in [0.25, 0.3) is 10.8 Å². The molecule has 3 aliphatic heterocycles. The third-order valence-corrected chi connectivity index (χ3v) is 10.1. The van der Waals surface area contributed by atoms with Crippen molar-refractivity contribution in [1.29, 1.82) is 0 Å². The number of hydrogen-bond donors (Lipinski definition) is 0. The normalized spacial score (nSPS) is 23.8. The lowest BCUT2D eigenvalue weighted by molar-refractivity contribution is -0.145. The van der Waals surface area contributed by atoms with Gasteiger partial charge in [0.15, 0.2) is 18.0 Å². The summed E-state index contributed by atoms with van der Waals surface area (Å²) in [5, 5.41) is 1.77. The number of fused-ring (bicyclic) bond motifs is 4. The molecule has 0 unspecified atom stereocenters. The molecule has 0 radical (unpaired) electrons. The van der Waals surface area contributed by atoms with Crippen LogP contribution >= 0.6 is 0 Å². The number of nitrogens with zero attached hydrogens (tertiary/aromatic N) is 1. The quantitative estimate of drug-likeness (QED) is 0.204. The van der Waals surface area contributed by atoms with Gasteiger partial charge in [0.05, 0.1) is 21.4 Å². The van der Waals surface area contributed by atoms with Gasteiger partial charge in [-0.2, -0.15) is 4.31 Å². The summed E-state index contributed by atoms with van der Waals surface area (Å²) in [7, 11) is -3.92. The summed E-state index contributed by atoms with van der Waals surface area (Å²) in [4.78, 5) is 27.1. The number of ether oxygens (including phenoxy) is 4. The second-order valence-electron chi connectivity index (χ2n) is 10.5. The van der Waals surface area contributed by atoms with E-state index < -0.39 is 40.0 Å². The Hall–Kier alpha value is -4.25. The van der Waals surface area contributed by atoms with Crippen molar-refractivity contribution in [2.75, 3.05) is 6.54 Å². The fourth-order valence-corrected chi connectivity index (χ4v) is 7.91. The first-order valence-electron chi connectivity index (χ1n) is 13.4. The van der Waals surface area contributed by atoms with Gasteiger partial charge in [-0.25, -0.2) is 13.2 Å². The van der Waals surface area contributed by atoms with Crippen LogP contribution in [0.1, 0.15) is 28.8 Å². The first-order valence-corrected chi connectivity index (χ1v) is 14.8. The SMILES string of the molecule is O=C1c2c(OC(=O)[C@@H]3CCCN3S(=O)(=O)c3ccccc3)cccc2C2(Oc3cccc4cccc(c34)O2)[C@@H]2O[C@H]12. The third kappa shape index (κ3) is 3.51. The first kappa shape index (κ1) is 24.5. The monoisotopic (exact) mass is 569 g/mol. The molecule has 0 saturated carbocycles. The van der Waals surface area contributed by atoms with E-state index in [1.54, 1.807) is 30.3 Å². The molecule has 1 aliphatic carbocycles. The highest BCUT2D eigenvalue weighted by atomic mass is 32.2. The van der Waals surface area contributed by atoms with E-state index in [9.17, 15) is 18.0 Å². The van der Waals surface area contributed by atoms with Crippen molar-refractivity contribution in [2.45, 2.75) is 41.8 Å². The molecular formula is C31H23NO8S. The van der Waals surface area contributed by atoms with Gasteiger partial charge in [0.2, 0.25) is 10.0 Å². The summed E-state index contributed by atoms with van der Waals surface area (Å²) in [5.41, 5.74) is 0.514. The second-order valence-corrected chi connectivity index (χ2v) is 12.4. The van der Waals surface area contributed by atoms with Crippen molar-refractivity contribution in [1.82, 2.24) is 4.31 Å². The summed E-state index contributed by atoms with van der Waals surface area (Å²) in [6, 6.07) is 23.2. The average Bonchev–Trinajstić information content (AvgIpc) is 3.65. The smallest absolute Gasteiger partial charge is 0.329 e. The highest BCUT2D eigenvalue weighted by molar-refractivity contribution is 7.89. The lowest BCUT2D eigenvalue weighted by Crippen LogP contribution is -2.51. The number of rotatable bonds is 4. The molecule has 2 fully saturated rings. The predicted octanol–water partition coefficient (Wildman–Crippen LogP) is 4.19. The lowest BCUT2D eigenvalue weighted by atomic mass is 9.84. The van der Waals surface area contributed by atoms with E-state index in [0.717, 1.165) is 10.8 Å². The summed E-state index contributed by atoms with van der Waals surface area (Å²) in [6.45, 7) is 0.191. The lowest BCUT2D eigenvalue weighted by Gasteiger charge is -2.40. The summed E-state index contributed by atoms with van der Waals surface area (Å²) in [6.07, 6.45) is -0.699. The van der Waals surface area contributed by atoms with Crippen LogP contribution in [-0.2, 0) is 25.3 Å². The van der Waals surface area contributed by atoms with Crippen LogP contribution < -0.4 is 14.2 Å². The Morgan fingerprint density at radius 3 is 2.34 bits per heavy atom. The van der Waals surface area contributed by atoms with Crippen molar-refractivity contribution in [3.63, 3.8) is 0 Å². The topological polar surface area (TPSA) is 112 Å². The Bertz CT molecular complexity index is 1830. The van der Waals surface area contributed by atoms with E-state index >= 15 is 0 Å². The first-order chi connectivity index (χ1) is 19.9. The molecule has 1 spiro atoms. The molecule has 3 atom stereocenters. The van der Waals surface area contributed by atoms with Crippen LogP contribution in [0.3, 0.4) is 0 Å². The molecule has 9 nitrogen and oxygen atoms in total. The van der Waals surface area contributed by atoms with Crippen LogP contribution in [0, 0.1) is 0 Å². The molecule has 4 aromatic carbocycles. The van der Waals surface area contributed by atoms with Crippen LogP contribution in [0.5, 0.6) is 17.2 Å². The van der Waals surface area contributed by atoms with Gasteiger partial charge in [0, 0.05) is 6.54 Å². The zero-order valence-electron chi connectivity index (χ0n) is 21.6. The number of sulfonamides is 1. The van der Waals surface area contributed by atoms with E-state index in [4.69, 9.17) is 18.9 Å². The number of carbonyl (C=O) groups excluding carboxylic acids is 2. The van der Waals surface area contributed by atoms with Gasteiger partial charge in [0.25, 0.3) is 0 Å². The molecule has 4 aliphatic rings. The molecule has 8 rings (SSSR count). The van der Waals surface area contributed by atoms with E-state index in [1.165, 1.54) is 22.5 Å². The molecule has 0 aromatic heterocycles. The Labute approximate surface area is 235 Å². The maximum atomic E-state index is 13.5. The van der Waals surface area contributed by atoms with Crippen LogP contribution in [0.2, 0.25) is 0 Å². The zero-order valence-corrected chi connectivity index (χ0v) is 22.4. The standard InChI is InChI=1S/C31H23NO8S/c33-27-26-20(31(29-28(27)38-29)39-23-15-4-8-18-9-5-16-24(40-31)25(18)23)12-6-14-22(26)37-30(34)21-13-7-17-32(21)41(35,36)19-10-2-1-3-11-19/h1-6,8-12,14-16,21,28-29H,7,13,17H2/t21-,28+,29+/m0/s1. The molecule has 4 aromatic rings. The Morgan fingerprint density at radius 2 is 1.61 bits per heavy atom. The fourth-order valence-electron chi connectivity index (χ4n) is 6.24. The van der Waals surface area contributed by atoms with Gasteiger partial charge in [-0.05, 0) is 48.6 Å². The van der Waals surface area contributed by atoms with Gasteiger partial charge in [-0.15, -0.1) is 0 Å². The molecule has 2 saturated heterocycles. The minimum absolute atomic E-state index is 0.0130. The fraction of sp³-hybridized carbons (Fsp3) is 0.226. The number of Topliss-reactive ketones (excluding diaryl/α,β-unsaturated/α-hetero) is 1. The van der Waals surface area contributed by atoms with Gasteiger partial charge >= 0.3 is 11.8 Å². The predicted molar refractivity (Wildman–Crippen MR) is 145 cm³/mol. The number of benzene rings is 4. The van der Waals surface area contributed by atoms with Crippen molar-refractivity contribution in [2.24, 2.45) is 0 Å². The number of esters is 1. The molecule has 0 amide bonds. The van der Waals surface area contributed by atoms with E-state index in [2.05, 4.69) is 0 Å². The average molecular weight is 570 g/mol. The van der Waals surface area contributed by atoms with Crippen LogP contribution in [0.15, 0.2) is 89.8 Å². The molecule has 0 N–H and O–H groups in total. The Balaban J connectivity index is 1.16. The number of hydrogen-bond acceptors (Lipinski definition) is 8. The summed E-state index contributed by atoms with van der Waals surface area (Å²) < 4.78 is 52.5. The van der Waals surface area contributed by atoms with Crippen molar-refractivity contribution in [3.05, 3.63) is 96.1 Å². The highest BCUT2D eigenvalue weighted by Gasteiger charge is 2.69. The third-order valence-electron chi connectivity index (χ3n) is 8.16. The molecular weight excluding hydrogens is 546 g/mol. The minimum atomic E-state index is -3.92. The largest absolute Gasteiger partial charge is 0.445 e. The van der Waals surface area contributed by atoms with Gasteiger partial charge in [0.1, 0.15) is 23.3 Å². The molecule has 10 heteroatoms. The number of ketones is 1. The summed E-state index contributed by atoms with van der Waals surface area (Å²) in [5.74, 6) is -1.36. The highest BCUT2D eigenvalue weighted by Crippen LogP contribution is 2.56. The minimum Gasteiger partial charge on any atom is -0.445 e. The molecule has 41 heavy (non-hydrogen) atoms. The Kier molecular flexibility index (Phi) is 5.16. The Morgan fingerprint density at radius 1 is 0.902 bits per heavy atom. The second kappa shape index (κ2) is 8.62. The van der Waals surface area contributed by atoms with Crippen molar-refractivity contribution >= 4 is 32.5 Å². The maximum absolute atomic E-state index is 13.5. The van der Waals surface area contributed by atoms with E-state index in [-0.39, 0.29) is 28.5 Å². The van der Waals surface area contributed by atoms with Gasteiger partial charge < -0.3 is 18.9 Å². The maximum Gasteiger partial charge on any atom is 0.329 e. The molecule has 3 heterocycles. The molecule has 0 bridgehead atoms. The summed E-state index contributed by atoms with van der Waals surface area (Å²) >= 11 is 0. The van der Waals surface area contributed by atoms with Crippen molar-refractivity contribution in [3.8, 4) is 17.2 Å². The van der Waals surface area contributed by atoms with Crippen molar-refractivity contribution < 1.29 is 37.0 Å². The van der Waals surface area contributed by atoms with Crippen LogP contribution in [-0.4, -0.2) is 49.3 Å². The van der Waals surface area contributed by atoms with Gasteiger partial charge in [-0.1, -0.05) is 54.6 Å². The number of epoxide rings is 1. The zero-order chi connectivity index (χ0) is 27.9. The number of carbonyl (C=O) groups is 2. The van der Waals surface area contributed by atoms with Crippen LogP contribution in [0.4, 0.5) is 0 Å². The van der Waals surface area contributed by atoms with E-state index in [0.29, 0.717) is 29.9 Å². The van der Waals surface area contributed by atoms with E-state index in [1.807, 2.05) is 36.4 Å².